The van der Waals surface area contributed by atoms with E-state index in [2.05, 4.69) is 0 Å². The first kappa shape index (κ1) is 13.0. The normalized spacial score (nSPS) is 8.42. The first-order valence-electron chi connectivity index (χ1n) is 2.73. The van der Waals surface area contributed by atoms with Crippen LogP contribution in [0.15, 0.2) is 12.1 Å². The summed E-state index contributed by atoms with van der Waals surface area (Å²) in [6.45, 7) is 0. The quantitative estimate of drug-likeness (QED) is 0.539. The summed E-state index contributed by atoms with van der Waals surface area (Å²) < 4.78 is 1.43. The molecule has 1 rings (SSSR count). The predicted octanol–water partition coefficient (Wildman–Crippen LogP) is 1.82. The average molecular weight is 395 g/mol. The molecule has 0 saturated carbocycles. The summed E-state index contributed by atoms with van der Waals surface area (Å²) in [4.78, 5) is 0. The SMILES string of the molecule is N#Cc1cc(I)c(O)c(I)c1.[NaH]. The van der Waals surface area contributed by atoms with Crippen molar-refractivity contribution >= 4 is 74.7 Å². The molecule has 0 bridgehead atoms. The Hall–Kier alpha value is 0.970. The molecular formula is C7H4I2NNaO. The molecule has 0 unspecified atom stereocenters. The van der Waals surface area contributed by atoms with Crippen molar-refractivity contribution in [3.8, 4) is 11.8 Å². The molecule has 2 nitrogen and oxygen atoms in total. The monoisotopic (exact) mass is 395 g/mol. The van der Waals surface area contributed by atoms with E-state index in [1.165, 1.54) is 0 Å². The van der Waals surface area contributed by atoms with Crippen LogP contribution in [0, 0.1) is 18.5 Å². The molecule has 58 valence electrons. The van der Waals surface area contributed by atoms with Gasteiger partial charge in [-0.2, -0.15) is 5.26 Å². The number of rotatable bonds is 0. The summed E-state index contributed by atoms with van der Waals surface area (Å²) >= 11 is 3.99. The molecule has 0 spiro atoms. The van der Waals surface area contributed by atoms with Crippen LogP contribution in [0.4, 0.5) is 0 Å². The Balaban J connectivity index is 0.00000121. The zero-order valence-corrected chi connectivity index (χ0v) is 9.62. The fourth-order valence-electron chi connectivity index (χ4n) is 0.630. The molecule has 0 radical (unpaired) electrons. The molecule has 1 aromatic carbocycles. The second-order valence-corrected chi connectivity index (χ2v) is 4.22. The van der Waals surface area contributed by atoms with E-state index >= 15 is 0 Å². The number of phenolic OH excluding ortho intramolecular Hbond substituents is 1. The van der Waals surface area contributed by atoms with Crippen LogP contribution in [0.2, 0.25) is 0 Å². The topological polar surface area (TPSA) is 44.0 Å². The fraction of sp³-hybridized carbons (Fsp3) is 0. The minimum absolute atomic E-state index is 0. The van der Waals surface area contributed by atoms with E-state index < -0.39 is 0 Å². The Morgan fingerprint density at radius 2 is 1.67 bits per heavy atom. The van der Waals surface area contributed by atoms with Crippen molar-refractivity contribution in [3.05, 3.63) is 24.8 Å². The van der Waals surface area contributed by atoms with Gasteiger partial charge in [0.1, 0.15) is 5.75 Å². The maximum atomic E-state index is 9.30. The van der Waals surface area contributed by atoms with Gasteiger partial charge in [-0.25, -0.2) is 0 Å². The number of aromatic hydroxyl groups is 1. The third kappa shape index (κ3) is 3.03. The van der Waals surface area contributed by atoms with Gasteiger partial charge in [0.2, 0.25) is 0 Å². The van der Waals surface area contributed by atoms with Crippen molar-refractivity contribution in [2.24, 2.45) is 0 Å². The molecule has 12 heavy (non-hydrogen) atoms. The Kier molecular flexibility index (Phi) is 6.10. The van der Waals surface area contributed by atoms with Crippen LogP contribution in [0.25, 0.3) is 0 Å². The van der Waals surface area contributed by atoms with Crippen LogP contribution in [0.3, 0.4) is 0 Å². The Morgan fingerprint density at radius 1 is 1.25 bits per heavy atom. The van der Waals surface area contributed by atoms with E-state index in [0.29, 0.717) is 12.7 Å². The first-order chi connectivity index (χ1) is 5.15. The van der Waals surface area contributed by atoms with Gasteiger partial charge in [-0.05, 0) is 57.3 Å². The van der Waals surface area contributed by atoms with E-state index in [9.17, 15) is 5.11 Å². The summed E-state index contributed by atoms with van der Waals surface area (Å²) in [7, 11) is 0. The Morgan fingerprint density at radius 3 is 2.00 bits per heavy atom. The van der Waals surface area contributed by atoms with Crippen molar-refractivity contribution in [2.75, 3.05) is 0 Å². The molecule has 1 N–H and O–H groups in total. The summed E-state index contributed by atoms with van der Waals surface area (Å²) in [5, 5.41) is 17.8. The number of hydrogen-bond donors (Lipinski definition) is 1. The number of nitrogens with zero attached hydrogens (tertiary/aromatic N) is 1. The van der Waals surface area contributed by atoms with Gasteiger partial charge in [0.05, 0.1) is 18.8 Å². The molecule has 1 aromatic rings. The van der Waals surface area contributed by atoms with Crippen LogP contribution in [0.1, 0.15) is 5.56 Å². The molecule has 0 aliphatic carbocycles. The van der Waals surface area contributed by atoms with Gasteiger partial charge >= 0.3 is 29.6 Å². The molecule has 0 saturated heterocycles. The minimum atomic E-state index is 0. The molecular weight excluding hydrogens is 391 g/mol. The molecule has 0 aliphatic heterocycles. The predicted molar refractivity (Wildman–Crippen MR) is 65.4 cm³/mol. The van der Waals surface area contributed by atoms with Gasteiger partial charge < -0.3 is 5.11 Å². The molecule has 0 fully saturated rings. The van der Waals surface area contributed by atoms with Crippen LogP contribution in [-0.4, -0.2) is 34.7 Å². The molecule has 0 amide bonds. The number of hydrogen-bond acceptors (Lipinski definition) is 2. The second-order valence-electron chi connectivity index (χ2n) is 1.90. The van der Waals surface area contributed by atoms with Crippen LogP contribution in [-0.2, 0) is 0 Å². The van der Waals surface area contributed by atoms with E-state index in [1.807, 2.05) is 51.3 Å². The van der Waals surface area contributed by atoms with Gasteiger partial charge in [0.15, 0.2) is 0 Å². The number of nitriles is 1. The van der Waals surface area contributed by atoms with Gasteiger partial charge in [-0.1, -0.05) is 0 Å². The van der Waals surface area contributed by atoms with E-state index in [4.69, 9.17) is 5.26 Å². The summed E-state index contributed by atoms with van der Waals surface area (Å²) in [6, 6.07) is 5.32. The van der Waals surface area contributed by atoms with Crippen molar-refractivity contribution in [2.45, 2.75) is 0 Å². The molecule has 0 aromatic heterocycles. The summed E-state index contributed by atoms with van der Waals surface area (Å²) in [5.74, 6) is 0.255. The zero-order chi connectivity index (χ0) is 8.43. The second kappa shape index (κ2) is 5.65. The van der Waals surface area contributed by atoms with Crippen LogP contribution < -0.4 is 0 Å². The molecule has 5 heteroatoms. The van der Waals surface area contributed by atoms with Crippen LogP contribution in [0.5, 0.6) is 5.75 Å². The summed E-state index contributed by atoms with van der Waals surface area (Å²) in [5.41, 5.74) is 0.580. The van der Waals surface area contributed by atoms with Crippen molar-refractivity contribution in [1.82, 2.24) is 0 Å². The molecule has 0 heterocycles. The van der Waals surface area contributed by atoms with Gasteiger partial charge in [-0.3, -0.25) is 0 Å². The van der Waals surface area contributed by atoms with E-state index in [-0.39, 0.29) is 35.3 Å². The van der Waals surface area contributed by atoms with E-state index in [1.54, 1.807) is 12.1 Å². The fourth-order valence-corrected chi connectivity index (χ4v) is 2.40. The third-order valence-corrected chi connectivity index (χ3v) is 2.79. The van der Waals surface area contributed by atoms with E-state index in [0.717, 1.165) is 0 Å². The Bertz CT molecular complexity index is 312. The Labute approximate surface area is 120 Å². The number of benzene rings is 1. The standard InChI is InChI=1S/C7H3I2NO.Na.H/c8-5-1-4(3-10)2-6(9)7(5)11;;/h1-2,11H;;. The third-order valence-electron chi connectivity index (χ3n) is 1.15. The summed E-state index contributed by atoms with van der Waals surface area (Å²) in [6.07, 6.45) is 0. The van der Waals surface area contributed by atoms with Crippen molar-refractivity contribution in [1.29, 1.82) is 5.26 Å². The van der Waals surface area contributed by atoms with Gasteiger partial charge in [-0.15, -0.1) is 0 Å². The zero-order valence-electron chi connectivity index (χ0n) is 5.31. The van der Waals surface area contributed by atoms with Gasteiger partial charge in [0, 0.05) is 0 Å². The van der Waals surface area contributed by atoms with Crippen LogP contribution >= 0.6 is 45.2 Å². The average Bonchev–Trinajstić information content (AvgIpc) is 1.99. The van der Waals surface area contributed by atoms with Gasteiger partial charge in [0.25, 0.3) is 0 Å². The number of phenols is 1. The first-order valence-corrected chi connectivity index (χ1v) is 4.89. The van der Waals surface area contributed by atoms with Crippen molar-refractivity contribution < 1.29 is 5.11 Å². The molecule has 0 aliphatic rings. The molecule has 0 atom stereocenters. The van der Waals surface area contributed by atoms with Crippen molar-refractivity contribution in [3.63, 3.8) is 0 Å². The number of halogens is 2. The maximum absolute atomic E-state index is 9.30.